The van der Waals surface area contributed by atoms with Crippen LogP contribution in [-0.4, -0.2) is 41.9 Å². The van der Waals surface area contributed by atoms with Gasteiger partial charge in [0, 0.05) is 6.42 Å². The summed E-state index contributed by atoms with van der Waals surface area (Å²) >= 11 is 0. The number of hydrogen-bond acceptors (Lipinski definition) is 4. The van der Waals surface area contributed by atoms with Gasteiger partial charge >= 0.3 is 0 Å². The number of benzene rings is 1. The van der Waals surface area contributed by atoms with Gasteiger partial charge in [-0.3, -0.25) is 0 Å². The van der Waals surface area contributed by atoms with Crippen molar-refractivity contribution in [2.75, 3.05) is 6.61 Å². The zero-order valence-corrected chi connectivity index (χ0v) is 9.28. The Labute approximate surface area is 99.1 Å². The fraction of sp³-hybridized carbons (Fsp3) is 0.538. The molecule has 4 rings (SSSR count). The SMILES string of the molecule is O[C@@]1(Cc2ccccc2)[C@@H]2O[C@H]2[C@@H]2OC[C@H]1O2. The summed E-state index contributed by atoms with van der Waals surface area (Å²) in [5.74, 6) is 0. The molecule has 0 spiro atoms. The maximum atomic E-state index is 10.8. The molecule has 0 amide bonds. The summed E-state index contributed by atoms with van der Waals surface area (Å²) in [6.07, 6.45) is -0.190. The van der Waals surface area contributed by atoms with Crippen molar-refractivity contribution in [1.82, 2.24) is 0 Å². The highest BCUT2D eigenvalue weighted by Gasteiger charge is 2.68. The lowest BCUT2D eigenvalue weighted by Crippen LogP contribution is -2.54. The highest BCUT2D eigenvalue weighted by molar-refractivity contribution is 5.23. The van der Waals surface area contributed by atoms with Crippen LogP contribution >= 0.6 is 0 Å². The van der Waals surface area contributed by atoms with Crippen LogP contribution in [0.15, 0.2) is 30.3 Å². The summed E-state index contributed by atoms with van der Waals surface area (Å²) in [5, 5.41) is 10.8. The zero-order chi connectivity index (χ0) is 11.5. The van der Waals surface area contributed by atoms with Crippen LogP contribution in [0.4, 0.5) is 0 Å². The summed E-state index contributed by atoms with van der Waals surface area (Å²) < 4.78 is 16.6. The third kappa shape index (κ3) is 1.39. The topological polar surface area (TPSA) is 51.2 Å². The molecule has 0 aromatic heterocycles. The Morgan fingerprint density at radius 1 is 1.24 bits per heavy atom. The molecule has 3 fully saturated rings. The molecule has 1 aromatic rings. The van der Waals surface area contributed by atoms with Crippen LogP contribution in [0.2, 0.25) is 0 Å². The minimum absolute atomic E-state index is 0.0811. The Morgan fingerprint density at radius 2 is 2.06 bits per heavy atom. The van der Waals surface area contributed by atoms with Crippen molar-refractivity contribution in [3.63, 3.8) is 0 Å². The van der Waals surface area contributed by atoms with E-state index in [4.69, 9.17) is 14.2 Å². The van der Waals surface area contributed by atoms with Gasteiger partial charge in [0.15, 0.2) is 6.29 Å². The van der Waals surface area contributed by atoms with E-state index in [1.165, 1.54) is 0 Å². The van der Waals surface area contributed by atoms with Crippen LogP contribution in [0.5, 0.6) is 0 Å². The van der Waals surface area contributed by atoms with E-state index < -0.39 is 5.60 Å². The first-order chi connectivity index (χ1) is 8.27. The molecule has 5 atom stereocenters. The van der Waals surface area contributed by atoms with Gasteiger partial charge in [0.25, 0.3) is 0 Å². The molecule has 0 saturated carbocycles. The number of aliphatic hydroxyl groups is 1. The first-order valence-corrected chi connectivity index (χ1v) is 5.96. The van der Waals surface area contributed by atoms with Crippen molar-refractivity contribution in [2.24, 2.45) is 0 Å². The molecular weight excluding hydrogens is 220 g/mol. The van der Waals surface area contributed by atoms with E-state index in [1.807, 2.05) is 30.3 Å². The van der Waals surface area contributed by atoms with E-state index in [1.54, 1.807) is 0 Å². The Hall–Kier alpha value is -0.940. The predicted octanol–water partition coefficient (Wildman–Crippen LogP) is 0.483. The van der Waals surface area contributed by atoms with Gasteiger partial charge in [-0.25, -0.2) is 0 Å². The smallest absolute Gasteiger partial charge is 0.187 e. The molecule has 4 heteroatoms. The van der Waals surface area contributed by atoms with Gasteiger partial charge in [-0.1, -0.05) is 30.3 Å². The van der Waals surface area contributed by atoms with Gasteiger partial charge < -0.3 is 19.3 Å². The molecule has 17 heavy (non-hydrogen) atoms. The van der Waals surface area contributed by atoms with Gasteiger partial charge in [-0.05, 0) is 5.56 Å². The molecule has 3 aliphatic heterocycles. The van der Waals surface area contributed by atoms with E-state index in [9.17, 15) is 5.11 Å². The van der Waals surface area contributed by atoms with E-state index in [-0.39, 0.29) is 24.6 Å². The molecule has 3 aliphatic rings. The Balaban J connectivity index is 1.63. The summed E-state index contributed by atoms with van der Waals surface area (Å²) in [7, 11) is 0. The van der Waals surface area contributed by atoms with Crippen molar-refractivity contribution in [1.29, 1.82) is 0 Å². The molecular formula is C13H14O4. The average Bonchev–Trinajstić information content (AvgIpc) is 3.03. The van der Waals surface area contributed by atoms with Crippen molar-refractivity contribution >= 4 is 0 Å². The van der Waals surface area contributed by atoms with Crippen LogP contribution in [0.1, 0.15) is 5.56 Å². The molecule has 3 heterocycles. The molecule has 0 aliphatic carbocycles. The molecule has 1 aromatic carbocycles. The fourth-order valence-electron chi connectivity index (χ4n) is 2.91. The second kappa shape index (κ2) is 3.29. The van der Waals surface area contributed by atoms with Crippen LogP contribution in [0.3, 0.4) is 0 Å². The lowest BCUT2D eigenvalue weighted by molar-refractivity contribution is -0.144. The van der Waals surface area contributed by atoms with Crippen molar-refractivity contribution in [3.8, 4) is 0 Å². The predicted molar refractivity (Wildman–Crippen MR) is 58.4 cm³/mol. The summed E-state index contributed by atoms with van der Waals surface area (Å²) in [6, 6.07) is 9.94. The van der Waals surface area contributed by atoms with Crippen molar-refractivity contribution < 1.29 is 19.3 Å². The van der Waals surface area contributed by atoms with Crippen molar-refractivity contribution in [2.45, 2.75) is 36.6 Å². The van der Waals surface area contributed by atoms with Crippen LogP contribution in [0, 0.1) is 0 Å². The molecule has 90 valence electrons. The maximum absolute atomic E-state index is 10.8. The van der Waals surface area contributed by atoms with Crippen LogP contribution in [0.25, 0.3) is 0 Å². The molecule has 4 nitrogen and oxygen atoms in total. The molecule has 1 N–H and O–H groups in total. The van der Waals surface area contributed by atoms with Gasteiger partial charge in [-0.15, -0.1) is 0 Å². The Bertz CT molecular complexity index is 434. The first-order valence-electron chi connectivity index (χ1n) is 5.96. The van der Waals surface area contributed by atoms with Crippen molar-refractivity contribution in [3.05, 3.63) is 35.9 Å². The summed E-state index contributed by atoms with van der Waals surface area (Å²) in [5.41, 5.74) is 0.150. The number of epoxide rings is 1. The lowest BCUT2D eigenvalue weighted by Gasteiger charge is -2.33. The summed E-state index contributed by atoms with van der Waals surface area (Å²) in [6.45, 7) is 0.463. The van der Waals surface area contributed by atoms with E-state index >= 15 is 0 Å². The Morgan fingerprint density at radius 3 is 2.88 bits per heavy atom. The first kappa shape index (κ1) is 10.0. The standard InChI is InChI=1S/C13H14O4/c14-13(6-8-4-2-1-3-5-8)9-7-15-12(16-9)10-11(13)17-10/h1-5,9-12,14H,6-7H2/t9-,10-,11-,12-,13-/m1/s1. The number of fused-ring (bicyclic) bond motifs is 4. The lowest BCUT2D eigenvalue weighted by atomic mass is 9.84. The molecule has 2 bridgehead atoms. The molecule has 0 unspecified atom stereocenters. The quantitative estimate of drug-likeness (QED) is 0.756. The highest BCUT2D eigenvalue weighted by atomic mass is 16.8. The third-order valence-corrected chi connectivity index (χ3v) is 3.88. The Kier molecular flexibility index (Phi) is 1.94. The van der Waals surface area contributed by atoms with Gasteiger partial charge in [0.1, 0.15) is 23.9 Å². The minimum Gasteiger partial charge on any atom is -0.384 e. The maximum Gasteiger partial charge on any atom is 0.187 e. The second-order valence-electron chi connectivity index (χ2n) is 5.00. The largest absolute Gasteiger partial charge is 0.384 e. The summed E-state index contributed by atoms with van der Waals surface area (Å²) in [4.78, 5) is 0. The van der Waals surface area contributed by atoms with Crippen LogP contribution < -0.4 is 0 Å². The second-order valence-corrected chi connectivity index (χ2v) is 5.00. The van der Waals surface area contributed by atoms with E-state index in [0.717, 1.165) is 5.56 Å². The van der Waals surface area contributed by atoms with E-state index in [0.29, 0.717) is 13.0 Å². The van der Waals surface area contributed by atoms with Gasteiger partial charge in [0.05, 0.1) is 6.61 Å². The molecule has 3 saturated heterocycles. The number of rotatable bonds is 2. The van der Waals surface area contributed by atoms with E-state index in [2.05, 4.69) is 0 Å². The number of ether oxygens (including phenoxy) is 3. The van der Waals surface area contributed by atoms with Gasteiger partial charge in [0.2, 0.25) is 0 Å². The highest BCUT2D eigenvalue weighted by Crippen LogP contribution is 2.48. The monoisotopic (exact) mass is 234 g/mol. The molecule has 0 radical (unpaired) electrons. The number of hydrogen-bond donors (Lipinski definition) is 1. The van der Waals surface area contributed by atoms with Gasteiger partial charge in [-0.2, -0.15) is 0 Å². The zero-order valence-electron chi connectivity index (χ0n) is 9.28. The fourth-order valence-corrected chi connectivity index (χ4v) is 2.91. The average molecular weight is 234 g/mol. The minimum atomic E-state index is -0.945. The third-order valence-electron chi connectivity index (χ3n) is 3.88. The normalized spacial score (nSPS) is 46.6. The van der Waals surface area contributed by atoms with Crippen LogP contribution in [-0.2, 0) is 20.6 Å².